The van der Waals surface area contributed by atoms with E-state index in [4.69, 9.17) is 4.74 Å². The number of benzene rings is 2. The van der Waals surface area contributed by atoms with Crippen LogP contribution >= 0.6 is 0 Å². The number of likely N-dealkylation sites (tertiary alicyclic amines) is 1. The molecule has 30 heavy (non-hydrogen) atoms. The van der Waals surface area contributed by atoms with Crippen molar-refractivity contribution in [1.82, 2.24) is 15.1 Å². The van der Waals surface area contributed by atoms with Crippen LogP contribution in [0.15, 0.2) is 54.6 Å². The third-order valence-corrected chi connectivity index (χ3v) is 4.94. The number of nitrogens with zero attached hydrogens (tertiary/aromatic N) is 2. The van der Waals surface area contributed by atoms with E-state index in [0.29, 0.717) is 25.3 Å². The first-order valence-electron chi connectivity index (χ1n) is 9.84. The van der Waals surface area contributed by atoms with Crippen LogP contribution in [0.3, 0.4) is 0 Å². The van der Waals surface area contributed by atoms with E-state index in [2.05, 4.69) is 15.5 Å². The summed E-state index contributed by atoms with van der Waals surface area (Å²) in [6.45, 7) is 1.74. The molecule has 1 heterocycles. The maximum absolute atomic E-state index is 13.1. The van der Waals surface area contributed by atoms with Gasteiger partial charge in [-0.3, -0.25) is 15.0 Å². The highest BCUT2D eigenvalue weighted by atomic mass is 19.1. The van der Waals surface area contributed by atoms with Gasteiger partial charge in [-0.2, -0.15) is 0 Å². The molecule has 2 N–H and O–H groups in total. The van der Waals surface area contributed by atoms with Crippen molar-refractivity contribution in [3.63, 3.8) is 0 Å². The average Bonchev–Trinajstić information content (AvgIpc) is 2.67. The van der Waals surface area contributed by atoms with E-state index >= 15 is 0 Å². The van der Waals surface area contributed by atoms with Gasteiger partial charge in [0.15, 0.2) is 0 Å². The van der Waals surface area contributed by atoms with Gasteiger partial charge in [0.1, 0.15) is 11.9 Å². The zero-order valence-corrected chi connectivity index (χ0v) is 17.2. The Kier molecular flexibility index (Phi) is 7.37. The first-order chi connectivity index (χ1) is 14.4. The summed E-state index contributed by atoms with van der Waals surface area (Å²) in [6, 6.07) is 15.7. The molecule has 7 nitrogen and oxygen atoms in total. The molecule has 0 bridgehead atoms. The first kappa shape index (κ1) is 21.7. The monoisotopic (exact) mass is 414 g/mol. The second-order valence-corrected chi connectivity index (χ2v) is 7.55. The third kappa shape index (κ3) is 6.27. The molecule has 0 radical (unpaired) electrons. The Labute approximate surface area is 175 Å². The molecule has 160 valence electrons. The van der Waals surface area contributed by atoms with Crippen molar-refractivity contribution in [1.29, 1.82) is 0 Å². The van der Waals surface area contributed by atoms with Crippen LogP contribution in [0, 0.1) is 5.82 Å². The maximum atomic E-state index is 13.1. The molecule has 2 amide bonds. The molecule has 0 spiro atoms. The Hall–Kier alpha value is -2.97. The van der Waals surface area contributed by atoms with E-state index < -0.39 is 11.9 Å². The number of likely N-dealkylation sites (N-methyl/N-ethyl adjacent to an activating group) is 1. The number of ether oxygens (including phenoxy) is 1. The van der Waals surface area contributed by atoms with Gasteiger partial charge in [0.05, 0.1) is 12.6 Å². The number of carbonyl (C=O) groups excluding carboxylic acids is 2. The van der Waals surface area contributed by atoms with Gasteiger partial charge < -0.3 is 15.0 Å². The summed E-state index contributed by atoms with van der Waals surface area (Å²) in [6.07, 6.45) is -0.920. The van der Waals surface area contributed by atoms with Gasteiger partial charge >= 0.3 is 6.09 Å². The lowest BCUT2D eigenvalue weighted by atomic mass is 10.1. The predicted molar refractivity (Wildman–Crippen MR) is 113 cm³/mol. The quantitative estimate of drug-likeness (QED) is 0.694. The second-order valence-electron chi connectivity index (χ2n) is 7.55. The summed E-state index contributed by atoms with van der Waals surface area (Å²) < 4.78 is 18.4. The standard InChI is InChI=1S/C22H27FN4O3/c1-26(2)20(16-7-4-3-5-8-16)12-24-21(28)15-27-13-19(14-27)30-22(29)25-18-10-6-9-17(23)11-18/h3-11,19-20H,12-15H2,1-2H3,(H,24,28)(H,25,29)/t20-/m0/s1. The summed E-state index contributed by atoms with van der Waals surface area (Å²) in [5, 5.41) is 5.47. The molecule has 1 aliphatic heterocycles. The van der Waals surface area contributed by atoms with Crippen molar-refractivity contribution in [3.05, 3.63) is 66.0 Å². The second kappa shape index (κ2) is 10.2. The highest BCUT2D eigenvalue weighted by molar-refractivity contribution is 5.84. The minimum atomic E-state index is -0.633. The Morgan fingerprint density at radius 3 is 2.57 bits per heavy atom. The molecule has 1 saturated heterocycles. The molecule has 1 aliphatic rings. The van der Waals surface area contributed by atoms with Gasteiger partial charge in [0.25, 0.3) is 0 Å². The largest absolute Gasteiger partial charge is 0.443 e. The number of hydrogen-bond acceptors (Lipinski definition) is 5. The molecular weight excluding hydrogens is 387 g/mol. The normalized spacial score (nSPS) is 15.3. The molecule has 2 aromatic carbocycles. The zero-order chi connectivity index (χ0) is 21.5. The van der Waals surface area contributed by atoms with Gasteiger partial charge in [-0.15, -0.1) is 0 Å². The van der Waals surface area contributed by atoms with Crippen LogP contribution in [-0.4, -0.2) is 68.2 Å². The molecule has 0 unspecified atom stereocenters. The van der Waals surface area contributed by atoms with Gasteiger partial charge in [-0.05, 0) is 37.9 Å². The molecule has 0 saturated carbocycles. The van der Waals surface area contributed by atoms with Crippen molar-refractivity contribution < 1.29 is 18.7 Å². The zero-order valence-electron chi connectivity index (χ0n) is 17.2. The van der Waals surface area contributed by atoms with E-state index in [1.807, 2.05) is 49.3 Å². The smallest absolute Gasteiger partial charge is 0.411 e. The molecule has 0 aliphatic carbocycles. The Balaban J connectivity index is 1.36. The Bertz CT molecular complexity index is 856. The van der Waals surface area contributed by atoms with Crippen LogP contribution in [0.5, 0.6) is 0 Å². The van der Waals surface area contributed by atoms with Crippen molar-refractivity contribution in [3.8, 4) is 0 Å². The SMILES string of the molecule is CN(C)[C@@H](CNC(=O)CN1CC(OC(=O)Nc2cccc(F)c2)C1)c1ccccc1. The highest BCUT2D eigenvalue weighted by Gasteiger charge is 2.31. The Morgan fingerprint density at radius 2 is 1.90 bits per heavy atom. The number of nitrogens with one attached hydrogen (secondary N) is 2. The van der Waals surface area contributed by atoms with Gasteiger partial charge in [0.2, 0.25) is 5.91 Å². The third-order valence-electron chi connectivity index (χ3n) is 4.94. The van der Waals surface area contributed by atoms with Crippen LogP contribution in [0.1, 0.15) is 11.6 Å². The first-order valence-corrected chi connectivity index (χ1v) is 9.84. The lowest BCUT2D eigenvalue weighted by Crippen LogP contribution is -2.56. The fourth-order valence-electron chi connectivity index (χ4n) is 3.33. The highest BCUT2D eigenvalue weighted by Crippen LogP contribution is 2.17. The van der Waals surface area contributed by atoms with Crippen LogP contribution in [0.2, 0.25) is 0 Å². The molecule has 1 atom stereocenters. The summed E-state index contributed by atoms with van der Waals surface area (Å²) in [5.74, 6) is -0.502. The van der Waals surface area contributed by atoms with E-state index in [0.717, 1.165) is 5.56 Å². The molecule has 0 aromatic heterocycles. The molecule has 3 rings (SSSR count). The number of halogens is 1. The predicted octanol–water partition coefficient (Wildman–Crippen LogP) is 2.48. The van der Waals surface area contributed by atoms with Crippen molar-refractivity contribution in [2.75, 3.05) is 45.6 Å². The summed E-state index contributed by atoms with van der Waals surface area (Å²) in [4.78, 5) is 28.1. The lowest BCUT2D eigenvalue weighted by molar-refractivity contribution is -0.125. The minimum Gasteiger partial charge on any atom is -0.443 e. The van der Waals surface area contributed by atoms with Gasteiger partial charge in [-0.25, -0.2) is 9.18 Å². The number of anilines is 1. The molecular formula is C22H27FN4O3. The number of amides is 2. The van der Waals surface area contributed by atoms with Gasteiger partial charge in [-0.1, -0.05) is 36.4 Å². The van der Waals surface area contributed by atoms with E-state index in [9.17, 15) is 14.0 Å². The fourth-order valence-corrected chi connectivity index (χ4v) is 3.33. The van der Waals surface area contributed by atoms with Crippen LogP contribution < -0.4 is 10.6 Å². The molecule has 2 aromatic rings. The van der Waals surface area contributed by atoms with E-state index in [1.165, 1.54) is 18.2 Å². The van der Waals surface area contributed by atoms with Crippen LogP contribution in [0.25, 0.3) is 0 Å². The fraction of sp³-hybridized carbons (Fsp3) is 0.364. The lowest BCUT2D eigenvalue weighted by Gasteiger charge is -2.37. The van der Waals surface area contributed by atoms with Gasteiger partial charge in [0, 0.05) is 25.3 Å². The molecule has 1 fully saturated rings. The molecule has 8 heteroatoms. The average molecular weight is 414 g/mol. The number of rotatable bonds is 8. The van der Waals surface area contributed by atoms with Crippen LogP contribution in [0.4, 0.5) is 14.9 Å². The van der Waals surface area contributed by atoms with E-state index in [-0.39, 0.29) is 24.6 Å². The minimum absolute atomic E-state index is 0.0690. The topological polar surface area (TPSA) is 73.9 Å². The number of carbonyl (C=O) groups is 2. The number of hydrogen-bond donors (Lipinski definition) is 2. The maximum Gasteiger partial charge on any atom is 0.411 e. The van der Waals surface area contributed by atoms with E-state index in [1.54, 1.807) is 6.07 Å². The Morgan fingerprint density at radius 1 is 1.17 bits per heavy atom. The summed E-state index contributed by atoms with van der Waals surface area (Å²) in [5.41, 5.74) is 1.48. The van der Waals surface area contributed by atoms with Crippen molar-refractivity contribution >= 4 is 17.7 Å². The van der Waals surface area contributed by atoms with Crippen LogP contribution in [-0.2, 0) is 9.53 Å². The summed E-state index contributed by atoms with van der Waals surface area (Å²) >= 11 is 0. The summed E-state index contributed by atoms with van der Waals surface area (Å²) in [7, 11) is 3.96. The van der Waals surface area contributed by atoms with Crippen molar-refractivity contribution in [2.24, 2.45) is 0 Å². The van der Waals surface area contributed by atoms with Crippen molar-refractivity contribution in [2.45, 2.75) is 12.1 Å².